The van der Waals surface area contributed by atoms with Crippen molar-refractivity contribution in [3.05, 3.63) is 41.6 Å². The van der Waals surface area contributed by atoms with Crippen LogP contribution in [0.5, 0.6) is 0 Å². The van der Waals surface area contributed by atoms with Crippen molar-refractivity contribution in [2.75, 3.05) is 17.2 Å². The normalized spacial score (nSPS) is 16.4. The number of aliphatic carboxylic acids is 1. The summed E-state index contributed by atoms with van der Waals surface area (Å²) in [7, 11) is 1.76. The Hall–Kier alpha value is -2.87. The van der Waals surface area contributed by atoms with Crippen LogP contribution in [-0.2, 0) is 23.0 Å². The van der Waals surface area contributed by atoms with Gasteiger partial charge in [-0.25, -0.2) is 4.79 Å². The Balaban J connectivity index is 1.60. The van der Waals surface area contributed by atoms with Crippen LogP contribution in [0.2, 0.25) is 0 Å². The van der Waals surface area contributed by atoms with Crippen molar-refractivity contribution < 1.29 is 19.4 Å². The van der Waals surface area contributed by atoms with E-state index in [0.717, 1.165) is 30.7 Å². The van der Waals surface area contributed by atoms with E-state index < -0.39 is 5.97 Å². The molecule has 1 aromatic heterocycles. The van der Waals surface area contributed by atoms with Gasteiger partial charge in [-0.2, -0.15) is 5.10 Å². The van der Waals surface area contributed by atoms with Crippen LogP contribution in [0.1, 0.15) is 36.6 Å². The zero-order chi connectivity index (χ0) is 18.5. The van der Waals surface area contributed by atoms with Crippen LogP contribution >= 0.6 is 0 Å². The largest absolute Gasteiger partial charge is 0.481 e. The van der Waals surface area contributed by atoms with Gasteiger partial charge in [0.2, 0.25) is 0 Å². The summed E-state index contributed by atoms with van der Waals surface area (Å²) in [5.74, 6) is -0.269. The number of urea groups is 1. The number of carbonyl (C=O) groups excluding carboxylic acids is 1. The molecule has 3 N–H and O–H groups in total. The minimum atomic E-state index is -0.848. The first-order valence-electron chi connectivity index (χ1n) is 8.55. The van der Waals surface area contributed by atoms with Crippen LogP contribution in [0.3, 0.4) is 0 Å². The summed E-state index contributed by atoms with van der Waals surface area (Å²) < 4.78 is 7.23. The molecule has 1 atom stereocenters. The molecule has 0 radical (unpaired) electrons. The number of carboxylic acid groups (broad SMARTS) is 1. The zero-order valence-electron chi connectivity index (χ0n) is 14.6. The summed E-state index contributed by atoms with van der Waals surface area (Å²) in [5, 5.41) is 18.7. The van der Waals surface area contributed by atoms with Crippen LogP contribution in [0.4, 0.5) is 16.3 Å². The number of benzene rings is 1. The highest BCUT2D eigenvalue weighted by atomic mass is 16.5. The van der Waals surface area contributed by atoms with E-state index in [4.69, 9.17) is 9.84 Å². The van der Waals surface area contributed by atoms with Crippen LogP contribution < -0.4 is 10.6 Å². The Morgan fingerprint density at radius 3 is 2.92 bits per heavy atom. The quantitative estimate of drug-likeness (QED) is 0.736. The fraction of sp³-hybridized carbons (Fsp3) is 0.389. The maximum atomic E-state index is 12.3. The molecular formula is C18H22N4O4. The van der Waals surface area contributed by atoms with Crippen LogP contribution in [0.15, 0.2) is 30.3 Å². The summed E-state index contributed by atoms with van der Waals surface area (Å²) in [5.41, 5.74) is 2.27. The van der Waals surface area contributed by atoms with E-state index in [9.17, 15) is 9.59 Å². The number of ether oxygens (including phenoxy) is 1. The molecule has 1 fully saturated rings. The van der Waals surface area contributed by atoms with Crippen molar-refractivity contribution in [3.63, 3.8) is 0 Å². The third-order valence-corrected chi connectivity index (χ3v) is 4.21. The molecule has 1 aromatic carbocycles. The van der Waals surface area contributed by atoms with Crippen LogP contribution in [-0.4, -0.2) is 33.5 Å². The number of hydrogen-bond acceptors (Lipinski definition) is 4. The summed E-state index contributed by atoms with van der Waals surface area (Å²) in [6.45, 7) is 0.739. The van der Waals surface area contributed by atoms with Crippen molar-refractivity contribution in [1.82, 2.24) is 9.78 Å². The molecule has 8 heteroatoms. The lowest BCUT2D eigenvalue weighted by molar-refractivity contribution is -0.136. The number of nitrogens with zero attached hydrogens (tertiary/aromatic N) is 2. The second kappa shape index (κ2) is 8.01. The first-order valence-corrected chi connectivity index (χ1v) is 8.55. The number of amides is 2. The second-order valence-electron chi connectivity index (χ2n) is 6.25. The van der Waals surface area contributed by atoms with Crippen molar-refractivity contribution in [1.29, 1.82) is 0 Å². The smallest absolute Gasteiger partial charge is 0.324 e. The zero-order valence-corrected chi connectivity index (χ0v) is 14.6. The van der Waals surface area contributed by atoms with Gasteiger partial charge in [-0.3, -0.25) is 14.8 Å². The lowest BCUT2D eigenvalue weighted by Gasteiger charge is -2.09. The lowest BCUT2D eigenvalue weighted by atomic mass is 10.1. The van der Waals surface area contributed by atoms with Crippen LogP contribution in [0, 0.1) is 0 Å². The van der Waals surface area contributed by atoms with Gasteiger partial charge in [0.15, 0.2) is 0 Å². The van der Waals surface area contributed by atoms with E-state index in [1.54, 1.807) is 29.9 Å². The van der Waals surface area contributed by atoms with E-state index in [2.05, 4.69) is 15.7 Å². The fourth-order valence-corrected chi connectivity index (χ4v) is 2.91. The molecule has 1 aliphatic heterocycles. The molecule has 1 saturated heterocycles. The van der Waals surface area contributed by atoms with Crippen molar-refractivity contribution in [2.24, 2.45) is 7.05 Å². The van der Waals surface area contributed by atoms with E-state index in [1.807, 2.05) is 12.1 Å². The molecular weight excluding hydrogens is 336 g/mol. The molecule has 0 bridgehead atoms. The number of carbonyl (C=O) groups is 2. The van der Waals surface area contributed by atoms with E-state index in [-0.39, 0.29) is 18.6 Å². The molecule has 138 valence electrons. The Bertz CT molecular complexity index is 796. The third-order valence-electron chi connectivity index (χ3n) is 4.21. The highest BCUT2D eigenvalue weighted by Gasteiger charge is 2.22. The first kappa shape index (κ1) is 17.9. The van der Waals surface area contributed by atoms with Gasteiger partial charge in [0.25, 0.3) is 0 Å². The summed E-state index contributed by atoms with van der Waals surface area (Å²) in [4.78, 5) is 22.9. The number of carboxylic acids is 1. The summed E-state index contributed by atoms with van der Waals surface area (Å²) in [6, 6.07) is 8.57. The molecule has 1 unspecified atom stereocenters. The number of anilines is 2. The Morgan fingerprint density at radius 2 is 2.19 bits per heavy atom. The average Bonchev–Trinajstić information content (AvgIpc) is 3.24. The van der Waals surface area contributed by atoms with Gasteiger partial charge in [0.05, 0.1) is 5.69 Å². The van der Waals surface area contributed by atoms with Gasteiger partial charge < -0.3 is 15.2 Å². The molecule has 2 aromatic rings. The molecule has 2 amide bonds. The Labute approximate surface area is 151 Å². The van der Waals surface area contributed by atoms with Gasteiger partial charge >= 0.3 is 12.0 Å². The predicted molar refractivity (Wildman–Crippen MR) is 96.2 cm³/mol. The number of hydrogen-bond donors (Lipinski definition) is 3. The highest BCUT2D eigenvalue weighted by Crippen LogP contribution is 2.28. The SMILES string of the molecule is Cn1nc(C2CCCO2)cc1NC(=O)Nc1cccc(CCC(=O)O)c1. The molecule has 0 aliphatic carbocycles. The van der Waals surface area contributed by atoms with E-state index in [1.165, 1.54) is 0 Å². The van der Waals surface area contributed by atoms with Gasteiger partial charge in [-0.15, -0.1) is 0 Å². The van der Waals surface area contributed by atoms with E-state index >= 15 is 0 Å². The minimum Gasteiger partial charge on any atom is -0.481 e. The average molecular weight is 358 g/mol. The third kappa shape index (κ3) is 4.60. The molecule has 1 aliphatic rings. The van der Waals surface area contributed by atoms with Gasteiger partial charge in [-0.1, -0.05) is 12.1 Å². The molecule has 3 rings (SSSR count). The van der Waals surface area contributed by atoms with Crippen molar-refractivity contribution >= 4 is 23.5 Å². The number of aromatic nitrogens is 2. The Kier molecular flexibility index (Phi) is 5.52. The molecule has 0 saturated carbocycles. The predicted octanol–water partition coefficient (Wildman–Crippen LogP) is 2.93. The first-order chi connectivity index (χ1) is 12.5. The lowest BCUT2D eigenvalue weighted by Crippen LogP contribution is -2.21. The van der Waals surface area contributed by atoms with E-state index in [0.29, 0.717) is 17.9 Å². The number of aryl methyl sites for hydroxylation is 2. The number of nitrogens with one attached hydrogen (secondary N) is 2. The maximum Gasteiger partial charge on any atom is 0.324 e. The second-order valence-corrected chi connectivity index (χ2v) is 6.25. The highest BCUT2D eigenvalue weighted by molar-refractivity contribution is 5.99. The number of rotatable bonds is 6. The Morgan fingerprint density at radius 1 is 1.35 bits per heavy atom. The maximum absolute atomic E-state index is 12.3. The molecule has 2 heterocycles. The molecule has 0 spiro atoms. The van der Waals surface area contributed by atoms with Gasteiger partial charge in [0, 0.05) is 31.8 Å². The topological polar surface area (TPSA) is 105 Å². The van der Waals surface area contributed by atoms with Gasteiger partial charge in [-0.05, 0) is 37.0 Å². The van der Waals surface area contributed by atoms with Gasteiger partial charge in [0.1, 0.15) is 11.9 Å². The van der Waals surface area contributed by atoms with Crippen molar-refractivity contribution in [3.8, 4) is 0 Å². The standard InChI is InChI=1S/C18H22N4O4/c1-22-16(11-14(21-22)15-6-3-9-26-15)20-18(25)19-13-5-2-4-12(10-13)7-8-17(23)24/h2,4-5,10-11,15H,3,6-9H2,1H3,(H,23,24)(H2,19,20,25). The summed E-state index contributed by atoms with van der Waals surface area (Å²) >= 11 is 0. The monoisotopic (exact) mass is 358 g/mol. The fourth-order valence-electron chi connectivity index (χ4n) is 2.91. The van der Waals surface area contributed by atoms with Crippen molar-refractivity contribution in [2.45, 2.75) is 31.8 Å². The molecule has 8 nitrogen and oxygen atoms in total. The van der Waals surface area contributed by atoms with Crippen LogP contribution in [0.25, 0.3) is 0 Å². The summed E-state index contributed by atoms with van der Waals surface area (Å²) in [6.07, 6.45) is 2.41. The minimum absolute atomic E-state index is 0.00859. The molecule has 26 heavy (non-hydrogen) atoms.